The van der Waals surface area contributed by atoms with Gasteiger partial charge < -0.3 is 13.6 Å². The van der Waals surface area contributed by atoms with Gasteiger partial charge in [0.25, 0.3) is 0 Å². The van der Waals surface area contributed by atoms with Crippen molar-refractivity contribution in [1.82, 2.24) is 0 Å². The number of hydrogen-bond donors (Lipinski definition) is 0. The Kier molecular flexibility index (Phi) is 3.32. The molecule has 0 N–H and O–H groups in total. The highest BCUT2D eigenvalue weighted by atomic mass is 35.5. The average Bonchev–Trinajstić information content (AvgIpc) is 3.01. The predicted molar refractivity (Wildman–Crippen MR) is 88.0 cm³/mol. The van der Waals surface area contributed by atoms with E-state index in [4.69, 9.17) is 25.2 Å². The number of ether oxygens (including phenoxy) is 1. The Labute approximate surface area is 135 Å². The smallest absolute Gasteiger partial charge is 0.336 e. The maximum atomic E-state index is 11.6. The topological polar surface area (TPSA) is 52.6 Å². The van der Waals surface area contributed by atoms with E-state index in [2.05, 4.69) is 0 Å². The van der Waals surface area contributed by atoms with Crippen molar-refractivity contribution in [2.45, 2.75) is 6.61 Å². The van der Waals surface area contributed by atoms with Crippen LogP contribution < -0.4 is 10.4 Å². The van der Waals surface area contributed by atoms with Crippen molar-refractivity contribution < 1.29 is 13.6 Å². The zero-order chi connectivity index (χ0) is 15.8. The molecule has 0 aliphatic carbocycles. The van der Waals surface area contributed by atoms with Crippen LogP contribution in [0.5, 0.6) is 5.75 Å². The van der Waals surface area contributed by atoms with Gasteiger partial charge in [-0.1, -0.05) is 23.7 Å². The summed E-state index contributed by atoms with van der Waals surface area (Å²) in [6, 6.07) is 14.2. The summed E-state index contributed by atoms with van der Waals surface area (Å²) in [7, 11) is 0. The Morgan fingerprint density at radius 1 is 0.957 bits per heavy atom. The fourth-order valence-corrected chi connectivity index (χ4v) is 2.60. The van der Waals surface area contributed by atoms with Crippen LogP contribution >= 0.6 is 11.6 Å². The molecule has 0 radical (unpaired) electrons. The molecule has 0 amide bonds. The van der Waals surface area contributed by atoms with E-state index in [0.29, 0.717) is 28.5 Å². The fraction of sp³-hybridized carbons (Fsp3) is 0.0556. The maximum Gasteiger partial charge on any atom is 0.336 e. The van der Waals surface area contributed by atoms with Crippen molar-refractivity contribution in [3.8, 4) is 5.75 Å². The maximum absolute atomic E-state index is 11.6. The third-order valence-electron chi connectivity index (χ3n) is 3.58. The normalized spacial score (nSPS) is 11.2. The first kappa shape index (κ1) is 13.9. The van der Waals surface area contributed by atoms with Gasteiger partial charge in [-0.3, -0.25) is 0 Å². The standard InChI is InChI=1S/C18H11ClO4/c19-14-4-1-11(2-5-14)10-22-18-16-13(7-8-21-16)9-12-3-6-15(20)23-17(12)18/h1-9H,10H2. The number of rotatable bonds is 3. The summed E-state index contributed by atoms with van der Waals surface area (Å²) in [5, 5.41) is 2.33. The van der Waals surface area contributed by atoms with Crippen LogP contribution in [-0.2, 0) is 6.61 Å². The van der Waals surface area contributed by atoms with E-state index >= 15 is 0 Å². The molecule has 2 aromatic heterocycles. The zero-order valence-electron chi connectivity index (χ0n) is 11.9. The molecule has 2 aromatic carbocycles. The summed E-state index contributed by atoms with van der Waals surface area (Å²) < 4.78 is 16.7. The van der Waals surface area contributed by atoms with Gasteiger partial charge >= 0.3 is 5.63 Å². The Morgan fingerprint density at radius 3 is 2.57 bits per heavy atom. The summed E-state index contributed by atoms with van der Waals surface area (Å²) in [5.41, 5.74) is 1.46. The van der Waals surface area contributed by atoms with Crippen LogP contribution in [0.25, 0.3) is 21.9 Å². The molecule has 0 bridgehead atoms. The van der Waals surface area contributed by atoms with Crippen LogP contribution in [0.2, 0.25) is 5.02 Å². The molecule has 4 nitrogen and oxygen atoms in total. The summed E-state index contributed by atoms with van der Waals surface area (Å²) in [4.78, 5) is 11.6. The van der Waals surface area contributed by atoms with Crippen LogP contribution in [0.3, 0.4) is 0 Å². The molecule has 0 saturated heterocycles. The first-order valence-electron chi connectivity index (χ1n) is 7.02. The molecule has 0 atom stereocenters. The van der Waals surface area contributed by atoms with Gasteiger partial charge in [0.15, 0.2) is 11.2 Å². The van der Waals surface area contributed by atoms with Crippen LogP contribution in [-0.4, -0.2) is 0 Å². The van der Waals surface area contributed by atoms with E-state index in [0.717, 1.165) is 16.3 Å². The number of hydrogen-bond acceptors (Lipinski definition) is 4. The highest BCUT2D eigenvalue weighted by Crippen LogP contribution is 2.35. The Balaban J connectivity index is 1.82. The van der Waals surface area contributed by atoms with E-state index in [1.54, 1.807) is 24.5 Å². The lowest BCUT2D eigenvalue weighted by Gasteiger charge is -2.09. The van der Waals surface area contributed by atoms with Gasteiger partial charge in [-0.15, -0.1) is 0 Å². The highest BCUT2D eigenvalue weighted by Gasteiger charge is 2.14. The first-order valence-corrected chi connectivity index (χ1v) is 7.40. The second kappa shape index (κ2) is 5.48. The largest absolute Gasteiger partial charge is 0.481 e. The highest BCUT2D eigenvalue weighted by molar-refractivity contribution is 6.30. The molecular formula is C18H11ClO4. The van der Waals surface area contributed by atoms with Crippen molar-refractivity contribution in [2.24, 2.45) is 0 Å². The molecule has 5 heteroatoms. The number of benzene rings is 2. The van der Waals surface area contributed by atoms with Crippen molar-refractivity contribution in [3.05, 3.63) is 75.8 Å². The summed E-state index contributed by atoms with van der Waals surface area (Å²) in [6.07, 6.45) is 1.58. The van der Waals surface area contributed by atoms with Crippen molar-refractivity contribution >= 4 is 33.5 Å². The molecule has 0 fully saturated rings. The fourth-order valence-electron chi connectivity index (χ4n) is 2.47. The Bertz CT molecular complexity index is 1040. The van der Waals surface area contributed by atoms with Gasteiger partial charge in [0, 0.05) is 21.9 Å². The second-order valence-electron chi connectivity index (χ2n) is 5.13. The molecular weight excluding hydrogens is 316 g/mol. The van der Waals surface area contributed by atoms with Crippen molar-refractivity contribution in [3.63, 3.8) is 0 Å². The minimum absolute atomic E-state index is 0.310. The monoisotopic (exact) mass is 326 g/mol. The van der Waals surface area contributed by atoms with E-state index in [-0.39, 0.29) is 0 Å². The number of fused-ring (bicyclic) bond motifs is 2. The van der Waals surface area contributed by atoms with Crippen LogP contribution in [0, 0.1) is 0 Å². The molecule has 114 valence electrons. The summed E-state index contributed by atoms with van der Waals surface area (Å²) >= 11 is 5.88. The Morgan fingerprint density at radius 2 is 1.74 bits per heavy atom. The molecule has 0 unspecified atom stereocenters. The SMILES string of the molecule is O=c1ccc2cc3ccoc3c(OCc3ccc(Cl)cc3)c2o1. The molecule has 23 heavy (non-hydrogen) atoms. The third kappa shape index (κ3) is 2.58. The third-order valence-corrected chi connectivity index (χ3v) is 3.83. The molecule has 2 heterocycles. The molecule has 4 rings (SSSR count). The molecule has 0 saturated carbocycles. The predicted octanol–water partition coefficient (Wildman–Crippen LogP) is 4.77. The van der Waals surface area contributed by atoms with Gasteiger partial charge in [-0.2, -0.15) is 0 Å². The molecule has 0 spiro atoms. The van der Waals surface area contributed by atoms with Crippen molar-refractivity contribution in [2.75, 3.05) is 0 Å². The lowest BCUT2D eigenvalue weighted by molar-refractivity contribution is 0.303. The van der Waals surface area contributed by atoms with E-state index in [9.17, 15) is 4.79 Å². The van der Waals surface area contributed by atoms with E-state index < -0.39 is 5.63 Å². The van der Waals surface area contributed by atoms with Gasteiger partial charge in [0.1, 0.15) is 6.61 Å². The van der Waals surface area contributed by atoms with Crippen LogP contribution in [0.15, 0.2) is 68.4 Å². The minimum Gasteiger partial charge on any atom is -0.481 e. The zero-order valence-corrected chi connectivity index (χ0v) is 12.7. The minimum atomic E-state index is -0.431. The number of halogens is 1. The average molecular weight is 327 g/mol. The molecule has 0 aliphatic heterocycles. The lowest BCUT2D eigenvalue weighted by atomic mass is 10.1. The van der Waals surface area contributed by atoms with Gasteiger partial charge in [-0.25, -0.2) is 4.79 Å². The second-order valence-corrected chi connectivity index (χ2v) is 5.57. The van der Waals surface area contributed by atoms with E-state index in [1.807, 2.05) is 24.3 Å². The number of furan rings is 1. The van der Waals surface area contributed by atoms with Crippen LogP contribution in [0.1, 0.15) is 5.56 Å². The first-order chi connectivity index (χ1) is 11.2. The van der Waals surface area contributed by atoms with Crippen molar-refractivity contribution in [1.29, 1.82) is 0 Å². The summed E-state index contributed by atoms with van der Waals surface area (Å²) in [5.74, 6) is 0.426. The lowest BCUT2D eigenvalue weighted by Crippen LogP contribution is -1.99. The van der Waals surface area contributed by atoms with Gasteiger partial charge in [-0.05, 0) is 35.9 Å². The molecule has 4 aromatic rings. The van der Waals surface area contributed by atoms with Gasteiger partial charge in [0.05, 0.1) is 6.26 Å². The Hall–Kier alpha value is -2.72. The summed E-state index contributed by atoms with van der Waals surface area (Å²) in [6.45, 7) is 0.310. The quantitative estimate of drug-likeness (QED) is 0.509. The van der Waals surface area contributed by atoms with Crippen LogP contribution in [0.4, 0.5) is 0 Å². The van der Waals surface area contributed by atoms with Gasteiger partial charge in [0.2, 0.25) is 5.75 Å². The molecule has 0 aliphatic rings. The van der Waals surface area contributed by atoms with E-state index in [1.165, 1.54) is 6.07 Å².